The number of fused-ring (bicyclic) bond motifs is 2. The van der Waals surface area contributed by atoms with Crippen molar-refractivity contribution in [3.63, 3.8) is 0 Å². The highest BCUT2D eigenvalue weighted by atomic mass is 16.5. The molecule has 0 saturated carbocycles. The fraction of sp³-hybridized carbons (Fsp3) is 0.0909. The van der Waals surface area contributed by atoms with Gasteiger partial charge in [-0.3, -0.25) is 20.4 Å². The number of carbonyl (C=O) groups excluding carboxylic acids is 2. The standard InChI is InChI=1S/C22H18N2O4/c1-14-18-8-4-5-9-19(18)28-21(14)22(26)24-23-20(25)13-27-17-11-10-15-6-2-3-7-16(15)12-17/h2-12H,13H2,1H3,(H,23,25)(H,24,26). The fourth-order valence-electron chi connectivity index (χ4n) is 3.02. The summed E-state index contributed by atoms with van der Waals surface area (Å²) in [6, 6.07) is 20.8. The lowest BCUT2D eigenvalue weighted by Gasteiger charge is -2.09. The summed E-state index contributed by atoms with van der Waals surface area (Å²) in [4.78, 5) is 24.3. The number of furan rings is 1. The SMILES string of the molecule is Cc1c(C(=O)NNC(=O)COc2ccc3ccccc3c2)oc2ccccc12. The molecule has 1 aromatic heterocycles. The number of hydrazine groups is 1. The van der Waals surface area contributed by atoms with Gasteiger partial charge in [0.15, 0.2) is 12.4 Å². The zero-order valence-electron chi connectivity index (χ0n) is 15.2. The quantitative estimate of drug-likeness (QED) is 0.533. The first-order valence-corrected chi connectivity index (χ1v) is 8.81. The minimum Gasteiger partial charge on any atom is -0.484 e. The molecule has 0 fully saturated rings. The van der Waals surface area contributed by atoms with Crippen LogP contribution in [0.25, 0.3) is 21.7 Å². The first-order valence-electron chi connectivity index (χ1n) is 8.81. The Kier molecular flexibility index (Phi) is 4.68. The van der Waals surface area contributed by atoms with Crippen LogP contribution in [0.2, 0.25) is 0 Å². The lowest BCUT2D eigenvalue weighted by Crippen LogP contribution is -2.43. The maximum Gasteiger partial charge on any atom is 0.305 e. The van der Waals surface area contributed by atoms with Gasteiger partial charge in [0.25, 0.3) is 5.91 Å². The van der Waals surface area contributed by atoms with Crippen molar-refractivity contribution in [3.05, 3.63) is 78.1 Å². The molecule has 0 spiro atoms. The molecule has 2 amide bonds. The number of nitrogens with one attached hydrogen (secondary N) is 2. The Labute approximate surface area is 161 Å². The van der Waals surface area contributed by atoms with Crippen LogP contribution < -0.4 is 15.6 Å². The normalized spacial score (nSPS) is 10.8. The molecule has 6 nitrogen and oxygen atoms in total. The third-order valence-electron chi connectivity index (χ3n) is 4.46. The van der Waals surface area contributed by atoms with Gasteiger partial charge in [0.05, 0.1) is 0 Å². The molecule has 0 saturated heterocycles. The van der Waals surface area contributed by atoms with Crippen molar-refractivity contribution in [1.29, 1.82) is 0 Å². The molecular weight excluding hydrogens is 356 g/mol. The van der Waals surface area contributed by atoms with E-state index in [0.717, 1.165) is 21.7 Å². The monoisotopic (exact) mass is 374 g/mol. The number of aryl methyl sites for hydroxylation is 1. The number of amides is 2. The molecule has 6 heteroatoms. The highest BCUT2D eigenvalue weighted by Gasteiger charge is 2.17. The molecule has 0 radical (unpaired) electrons. The second-order valence-corrected chi connectivity index (χ2v) is 6.35. The predicted molar refractivity (Wildman–Crippen MR) is 106 cm³/mol. The number of hydrogen-bond donors (Lipinski definition) is 2. The molecule has 2 N–H and O–H groups in total. The van der Waals surface area contributed by atoms with Crippen molar-refractivity contribution >= 4 is 33.6 Å². The molecule has 0 aliphatic heterocycles. The van der Waals surface area contributed by atoms with Gasteiger partial charge in [-0.05, 0) is 35.9 Å². The lowest BCUT2D eigenvalue weighted by atomic mass is 10.1. The molecule has 0 bridgehead atoms. The van der Waals surface area contributed by atoms with Crippen LogP contribution >= 0.6 is 0 Å². The summed E-state index contributed by atoms with van der Waals surface area (Å²) in [6.45, 7) is 1.57. The topological polar surface area (TPSA) is 80.6 Å². The van der Waals surface area contributed by atoms with Crippen LogP contribution in [0.5, 0.6) is 5.75 Å². The van der Waals surface area contributed by atoms with E-state index in [1.807, 2.05) is 54.6 Å². The van der Waals surface area contributed by atoms with Crippen molar-refractivity contribution in [2.24, 2.45) is 0 Å². The summed E-state index contributed by atoms with van der Waals surface area (Å²) in [7, 11) is 0. The summed E-state index contributed by atoms with van der Waals surface area (Å²) in [5, 5.41) is 2.97. The number of benzene rings is 3. The Hall–Kier alpha value is -3.80. The maximum absolute atomic E-state index is 12.3. The van der Waals surface area contributed by atoms with E-state index in [4.69, 9.17) is 9.15 Å². The largest absolute Gasteiger partial charge is 0.484 e. The summed E-state index contributed by atoms with van der Waals surface area (Å²) < 4.78 is 11.1. The number of rotatable bonds is 4. The van der Waals surface area contributed by atoms with Gasteiger partial charge < -0.3 is 9.15 Å². The summed E-state index contributed by atoms with van der Waals surface area (Å²) in [5.74, 6) is -0.256. The fourth-order valence-corrected chi connectivity index (χ4v) is 3.02. The second-order valence-electron chi connectivity index (χ2n) is 6.35. The molecule has 0 unspecified atom stereocenters. The number of hydrogen-bond acceptors (Lipinski definition) is 4. The molecule has 4 aromatic rings. The Bertz CT molecular complexity index is 1180. The van der Waals surface area contributed by atoms with E-state index in [-0.39, 0.29) is 12.4 Å². The zero-order chi connectivity index (χ0) is 19.5. The number of para-hydroxylation sites is 1. The van der Waals surface area contributed by atoms with Crippen molar-refractivity contribution in [2.75, 3.05) is 6.61 Å². The minimum absolute atomic E-state index is 0.164. The van der Waals surface area contributed by atoms with Crippen LogP contribution in [0.4, 0.5) is 0 Å². The van der Waals surface area contributed by atoms with Crippen LogP contribution in [-0.2, 0) is 4.79 Å². The van der Waals surface area contributed by atoms with E-state index in [1.165, 1.54) is 0 Å². The first kappa shape index (κ1) is 17.6. The molecule has 0 aliphatic rings. The Morgan fingerprint density at radius 2 is 1.68 bits per heavy atom. The average molecular weight is 374 g/mol. The van der Waals surface area contributed by atoms with Gasteiger partial charge in [-0.1, -0.05) is 48.5 Å². The van der Waals surface area contributed by atoms with Crippen LogP contribution in [0.15, 0.2) is 71.1 Å². The van der Waals surface area contributed by atoms with Crippen LogP contribution in [0.1, 0.15) is 16.1 Å². The van der Waals surface area contributed by atoms with Crippen molar-refractivity contribution in [2.45, 2.75) is 6.92 Å². The maximum atomic E-state index is 12.3. The van der Waals surface area contributed by atoms with Crippen molar-refractivity contribution in [3.8, 4) is 5.75 Å². The zero-order valence-corrected chi connectivity index (χ0v) is 15.2. The lowest BCUT2D eigenvalue weighted by molar-refractivity contribution is -0.123. The Balaban J connectivity index is 1.34. The summed E-state index contributed by atoms with van der Waals surface area (Å²) in [6.07, 6.45) is 0. The van der Waals surface area contributed by atoms with Crippen molar-refractivity contribution < 1.29 is 18.7 Å². The predicted octanol–water partition coefficient (Wildman–Crippen LogP) is 3.73. The van der Waals surface area contributed by atoms with E-state index < -0.39 is 11.8 Å². The van der Waals surface area contributed by atoms with Gasteiger partial charge >= 0.3 is 5.91 Å². The smallest absolute Gasteiger partial charge is 0.305 e. The third-order valence-corrected chi connectivity index (χ3v) is 4.46. The molecule has 0 aliphatic carbocycles. The molecule has 1 heterocycles. The van der Waals surface area contributed by atoms with Crippen LogP contribution in [0, 0.1) is 6.92 Å². The Morgan fingerprint density at radius 1 is 0.929 bits per heavy atom. The van der Waals surface area contributed by atoms with E-state index in [9.17, 15) is 9.59 Å². The number of carbonyl (C=O) groups is 2. The highest BCUT2D eigenvalue weighted by Crippen LogP contribution is 2.24. The van der Waals surface area contributed by atoms with Crippen LogP contribution in [-0.4, -0.2) is 18.4 Å². The number of ether oxygens (including phenoxy) is 1. The van der Waals surface area contributed by atoms with Crippen molar-refractivity contribution in [1.82, 2.24) is 10.9 Å². The van der Waals surface area contributed by atoms with E-state index in [0.29, 0.717) is 11.3 Å². The molecule has 140 valence electrons. The average Bonchev–Trinajstić information content (AvgIpc) is 3.07. The highest BCUT2D eigenvalue weighted by molar-refractivity contribution is 5.99. The molecule has 4 rings (SSSR count). The molecule has 28 heavy (non-hydrogen) atoms. The van der Waals surface area contributed by atoms with Gasteiger partial charge in [0.2, 0.25) is 0 Å². The van der Waals surface area contributed by atoms with Gasteiger partial charge in [-0.2, -0.15) is 0 Å². The van der Waals surface area contributed by atoms with E-state index >= 15 is 0 Å². The minimum atomic E-state index is -0.521. The first-order chi connectivity index (χ1) is 13.6. The second kappa shape index (κ2) is 7.44. The Morgan fingerprint density at radius 3 is 2.50 bits per heavy atom. The van der Waals surface area contributed by atoms with E-state index in [1.54, 1.807) is 19.1 Å². The van der Waals surface area contributed by atoms with E-state index in [2.05, 4.69) is 10.9 Å². The summed E-state index contributed by atoms with van der Waals surface area (Å²) >= 11 is 0. The van der Waals surface area contributed by atoms with Gasteiger partial charge in [-0.25, -0.2) is 0 Å². The molecule has 0 atom stereocenters. The summed E-state index contributed by atoms with van der Waals surface area (Å²) in [5.41, 5.74) is 6.03. The molecule has 3 aromatic carbocycles. The van der Waals surface area contributed by atoms with Gasteiger partial charge in [-0.15, -0.1) is 0 Å². The third kappa shape index (κ3) is 3.53. The van der Waals surface area contributed by atoms with Gasteiger partial charge in [0.1, 0.15) is 11.3 Å². The van der Waals surface area contributed by atoms with Gasteiger partial charge in [0, 0.05) is 10.9 Å². The molecular formula is C22H18N2O4. The van der Waals surface area contributed by atoms with Crippen LogP contribution in [0.3, 0.4) is 0 Å².